The maximum atomic E-state index is 12.9. The standard InChI is InChI=1S/C14H7F3N2O3/c15-14(16,17)11-7-10(5-6-12(11)19(20)21)22-13-4-2-1-3-9(13)8-18/h1-7H. The van der Waals surface area contributed by atoms with Gasteiger partial charge in [0.05, 0.1) is 10.5 Å². The number of halogens is 3. The molecule has 8 heteroatoms. The minimum atomic E-state index is -4.89. The second-order valence-electron chi connectivity index (χ2n) is 4.14. The Morgan fingerprint density at radius 2 is 1.86 bits per heavy atom. The van der Waals surface area contributed by atoms with E-state index >= 15 is 0 Å². The molecule has 0 N–H and O–H groups in total. The second-order valence-corrected chi connectivity index (χ2v) is 4.14. The molecule has 0 saturated carbocycles. The second kappa shape index (κ2) is 5.73. The molecule has 0 aliphatic rings. The molecule has 0 fully saturated rings. The molecule has 0 bridgehead atoms. The van der Waals surface area contributed by atoms with E-state index in [0.29, 0.717) is 12.1 Å². The summed E-state index contributed by atoms with van der Waals surface area (Å²) in [7, 11) is 0. The lowest BCUT2D eigenvalue weighted by Crippen LogP contribution is -2.09. The van der Waals surface area contributed by atoms with E-state index in [9.17, 15) is 23.3 Å². The Balaban J connectivity index is 2.46. The molecule has 2 rings (SSSR count). The van der Waals surface area contributed by atoms with Gasteiger partial charge in [-0.3, -0.25) is 10.1 Å². The highest BCUT2D eigenvalue weighted by atomic mass is 19.4. The van der Waals surface area contributed by atoms with Gasteiger partial charge in [-0.1, -0.05) is 12.1 Å². The molecule has 0 spiro atoms. The molecule has 0 aromatic heterocycles. The number of benzene rings is 2. The van der Waals surface area contributed by atoms with Crippen molar-refractivity contribution in [2.75, 3.05) is 0 Å². The highest BCUT2D eigenvalue weighted by Gasteiger charge is 2.38. The van der Waals surface area contributed by atoms with Crippen molar-refractivity contribution in [3.05, 3.63) is 63.7 Å². The predicted molar refractivity (Wildman–Crippen MR) is 69.3 cm³/mol. The van der Waals surface area contributed by atoms with Crippen molar-refractivity contribution in [3.8, 4) is 17.6 Å². The number of nitriles is 1. The fourth-order valence-electron chi connectivity index (χ4n) is 1.74. The van der Waals surface area contributed by atoms with Crippen LogP contribution in [0.25, 0.3) is 0 Å². The molecule has 112 valence electrons. The number of alkyl halides is 3. The largest absolute Gasteiger partial charge is 0.456 e. The SMILES string of the molecule is N#Cc1ccccc1Oc1ccc([N+](=O)[O-])c(C(F)(F)F)c1. The Labute approximate surface area is 122 Å². The van der Waals surface area contributed by atoms with E-state index in [4.69, 9.17) is 10.00 Å². The lowest BCUT2D eigenvalue weighted by molar-refractivity contribution is -0.388. The lowest BCUT2D eigenvalue weighted by Gasteiger charge is -2.11. The summed E-state index contributed by atoms with van der Waals surface area (Å²) in [6.45, 7) is 0. The average molecular weight is 308 g/mol. The molecule has 2 aromatic carbocycles. The maximum Gasteiger partial charge on any atom is 0.423 e. The molecular formula is C14H7F3N2O3. The first-order valence-corrected chi connectivity index (χ1v) is 5.85. The smallest absolute Gasteiger partial charge is 0.423 e. The first-order chi connectivity index (χ1) is 10.3. The molecule has 0 saturated heterocycles. The summed E-state index contributed by atoms with van der Waals surface area (Å²) in [5, 5.41) is 19.6. The summed E-state index contributed by atoms with van der Waals surface area (Å²) in [4.78, 5) is 9.54. The van der Waals surface area contributed by atoms with E-state index in [1.165, 1.54) is 12.1 Å². The van der Waals surface area contributed by atoms with Gasteiger partial charge in [-0.05, 0) is 24.3 Å². The molecule has 0 unspecified atom stereocenters. The first kappa shape index (κ1) is 15.3. The molecule has 0 aliphatic carbocycles. The molecule has 0 atom stereocenters. The zero-order valence-corrected chi connectivity index (χ0v) is 10.8. The van der Waals surface area contributed by atoms with Gasteiger partial charge in [0.1, 0.15) is 23.1 Å². The number of hydrogen-bond acceptors (Lipinski definition) is 4. The number of ether oxygens (including phenoxy) is 1. The number of rotatable bonds is 3. The molecule has 2 aromatic rings. The summed E-state index contributed by atoms with van der Waals surface area (Å²) in [5.41, 5.74) is -2.34. The van der Waals surface area contributed by atoms with Crippen LogP contribution in [0.4, 0.5) is 18.9 Å². The van der Waals surface area contributed by atoms with Gasteiger partial charge in [-0.2, -0.15) is 18.4 Å². The van der Waals surface area contributed by atoms with Gasteiger partial charge in [-0.25, -0.2) is 0 Å². The van der Waals surface area contributed by atoms with Crippen LogP contribution in [0.2, 0.25) is 0 Å². The van der Waals surface area contributed by atoms with Crippen molar-refractivity contribution in [2.45, 2.75) is 6.18 Å². The van der Waals surface area contributed by atoms with E-state index in [0.717, 1.165) is 6.07 Å². The minimum absolute atomic E-state index is 0.0620. The minimum Gasteiger partial charge on any atom is -0.456 e. The van der Waals surface area contributed by atoms with Crippen LogP contribution < -0.4 is 4.74 Å². The Hall–Kier alpha value is -3.08. The molecular weight excluding hydrogens is 301 g/mol. The summed E-state index contributed by atoms with van der Waals surface area (Å²) < 4.78 is 43.8. The van der Waals surface area contributed by atoms with Crippen molar-refractivity contribution in [3.63, 3.8) is 0 Å². The van der Waals surface area contributed by atoms with Gasteiger partial charge in [0.15, 0.2) is 0 Å². The van der Waals surface area contributed by atoms with E-state index < -0.39 is 22.4 Å². The van der Waals surface area contributed by atoms with Crippen molar-refractivity contribution in [2.24, 2.45) is 0 Å². The quantitative estimate of drug-likeness (QED) is 0.626. The summed E-state index contributed by atoms with van der Waals surface area (Å²) in [6, 6.07) is 10.1. The summed E-state index contributed by atoms with van der Waals surface area (Å²) in [6.07, 6.45) is -4.89. The van der Waals surface area contributed by atoms with Gasteiger partial charge in [0.25, 0.3) is 5.69 Å². The van der Waals surface area contributed by atoms with Crippen LogP contribution >= 0.6 is 0 Å². The molecule has 0 heterocycles. The molecule has 0 aliphatic heterocycles. The number of nitro benzene ring substituents is 1. The highest BCUT2D eigenvalue weighted by molar-refractivity contribution is 5.50. The Bertz CT molecular complexity index is 767. The fourth-order valence-corrected chi connectivity index (χ4v) is 1.74. The topological polar surface area (TPSA) is 76.2 Å². The zero-order valence-electron chi connectivity index (χ0n) is 10.8. The fraction of sp³-hybridized carbons (Fsp3) is 0.0714. The maximum absolute atomic E-state index is 12.9. The summed E-state index contributed by atoms with van der Waals surface area (Å²) in [5.74, 6) is -0.187. The van der Waals surface area contributed by atoms with Gasteiger partial charge in [-0.15, -0.1) is 0 Å². The van der Waals surface area contributed by atoms with Crippen LogP contribution in [0.3, 0.4) is 0 Å². The van der Waals surface area contributed by atoms with Crippen molar-refractivity contribution >= 4 is 5.69 Å². The molecule has 22 heavy (non-hydrogen) atoms. The van der Waals surface area contributed by atoms with Crippen LogP contribution in [0, 0.1) is 21.4 Å². The van der Waals surface area contributed by atoms with Gasteiger partial charge >= 0.3 is 6.18 Å². The predicted octanol–water partition coefficient (Wildman–Crippen LogP) is 4.28. The van der Waals surface area contributed by atoms with Crippen LogP contribution in [0.5, 0.6) is 11.5 Å². The molecule has 0 radical (unpaired) electrons. The zero-order chi connectivity index (χ0) is 16.3. The van der Waals surface area contributed by atoms with E-state index in [1.54, 1.807) is 12.1 Å². The number of nitrogens with zero attached hydrogens (tertiary/aromatic N) is 2. The third-order valence-corrected chi connectivity index (χ3v) is 2.71. The van der Waals surface area contributed by atoms with Crippen LogP contribution in [0.15, 0.2) is 42.5 Å². The first-order valence-electron chi connectivity index (χ1n) is 5.85. The van der Waals surface area contributed by atoms with Crippen molar-refractivity contribution in [1.82, 2.24) is 0 Å². The average Bonchev–Trinajstić information content (AvgIpc) is 2.46. The normalized spacial score (nSPS) is 10.8. The number of para-hydroxylation sites is 1. The lowest BCUT2D eigenvalue weighted by atomic mass is 10.1. The Kier molecular flexibility index (Phi) is 3.99. The van der Waals surface area contributed by atoms with Crippen LogP contribution in [-0.2, 0) is 6.18 Å². The van der Waals surface area contributed by atoms with E-state index in [-0.39, 0.29) is 17.1 Å². The monoisotopic (exact) mass is 308 g/mol. The van der Waals surface area contributed by atoms with E-state index in [1.807, 2.05) is 6.07 Å². The third kappa shape index (κ3) is 3.15. The molecule has 5 nitrogen and oxygen atoms in total. The van der Waals surface area contributed by atoms with Gasteiger partial charge < -0.3 is 4.74 Å². The Morgan fingerprint density at radius 3 is 2.45 bits per heavy atom. The third-order valence-electron chi connectivity index (χ3n) is 2.71. The van der Waals surface area contributed by atoms with E-state index in [2.05, 4.69) is 0 Å². The molecule has 0 amide bonds. The van der Waals surface area contributed by atoms with Gasteiger partial charge in [0, 0.05) is 6.07 Å². The van der Waals surface area contributed by atoms with Crippen molar-refractivity contribution < 1.29 is 22.8 Å². The summed E-state index contributed by atoms with van der Waals surface area (Å²) >= 11 is 0. The van der Waals surface area contributed by atoms with Crippen molar-refractivity contribution in [1.29, 1.82) is 5.26 Å². The van der Waals surface area contributed by atoms with Gasteiger partial charge in [0.2, 0.25) is 0 Å². The highest BCUT2D eigenvalue weighted by Crippen LogP contribution is 2.39. The number of nitro groups is 1. The Morgan fingerprint density at radius 1 is 1.18 bits per heavy atom. The van der Waals surface area contributed by atoms with Crippen LogP contribution in [0.1, 0.15) is 11.1 Å². The number of hydrogen-bond donors (Lipinski definition) is 0. The van der Waals surface area contributed by atoms with Crippen LogP contribution in [-0.4, -0.2) is 4.92 Å².